The Morgan fingerprint density at radius 3 is 2.26 bits per heavy atom. The molecule has 0 saturated heterocycles. The molecule has 0 radical (unpaired) electrons. The van der Waals surface area contributed by atoms with Gasteiger partial charge < -0.3 is 10.1 Å². The molecule has 0 fully saturated rings. The molecule has 0 atom stereocenters. The van der Waals surface area contributed by atoms with Crippen LogP contribution in [0.1, 0.15) is 31.9 Å². The second kappa shape index (κ2) is 11.1. The second-order valence-electron chi connectivity index (χ2n) is 9.28. The molecule has 0 aliphatic carbocycles. The van der Waals surface area contributed by atoms with Crippen LogP contribution in [0.5, 0.6) is 5.75 Å². The number of amides is 1. The maximum absolute atomic E-state index is 13.4. The third-order valence-electron chi connectivity index (χ3n) is 5.41. The molecule has 0 bridgehead atoms. The van der Waals surface area contributed by atoms with E-state index in [1.165, 1.54) is 23.8 Å². The molecule has 3 aromatic carbocycles. The summed E-state index contributed by atoms with van der Waals surface area (Å²) < 4.78 is 33.5. The number of nitrogens with zero attached hydrogens (tertiary/aromatic N) is 1. The average Bonchev–Trinajstić information content (AvgIpc) is 2.80. The van der Waals surface area contributed by atoms with Crippen molar-refractivity contribution in [3.8, 4) is 5.75 Å². The van der Waals surface area contributed by atoms with E-state index in [1.54, 1.807) is 30.3 Å². The number of anilines is 1. The maximum atomic E-state index is 13.4. The van der Waals surface area contributed by atoms with Crippen molar-refractivity contribution >= 4 is 33.2 Å². The predicted octanol–water partition coefficient (Wildman–Crippen LogP) is 5.34. The zero-order valence-electron chi connectivity index (χ0n) is 20.4. The molecule has 0 spiro atoms. The van der Waals surface area contributed by atoms with Crippen LogP contribution in [0.25, 0.3) is 0 Å². The van der Waals surface area contributed by atoms with E-state index in [0.29, 0.717) is 16.5 Å². The van der Waals surface area contributed by atoms with Gasteiger partial charge in [0.1, 0.15) is 18.9 Å². The zero-order chi connectivity index (χ0) is 25.6. The van der Waals surface area contributed by atoms with Crippen molar-refractivity contribution in [2.75, 3.05) is 24.0 Å². The van der Waals surface area contributed by atoms with Crippen LogP contribution in [0.2, 0.25) is 5.02 Å². The molecule has 0 heterocycles. The van der Waals surface area contributed by atoms with Gasteiger partial charge in [-0.05, 0) is 60.4 Å². The molecule has 0 aliphatic rings. The van der Waals surface area contributed by atoms with Crippen molar-refractivity contribution in [2.24, 2.45) is 0 Å². The van der Waals surface area contributed by atoms with Crippen LogP contribution in [0.3, 0.4) is 0 Å². The lowest BCUT2D eigenvalue weighted by Gasteiger charge is -2.24. The Bertz CT molecular complexity index is 1250. The van der Waals surface area contributed by atoms with E-state index in [-0.39, 0.29) is 23.5 Å². The average molecular weight is 515 g/mol. The molecule has 0 unspecified atom stereocenters. The minimum atomic E-state index is -3.99. The Balaban J connectivity index is 1.65. The minimum absolute atomic E-state index is 0.0558. The maximum Gasteiger partial charge on any atom is 0.264 e. The molecule has 186 valence electrons. The highest BCUT2D eigenvalue weighted by atomic mass is 35.5. The molecule has 6 nitrogen and oxygen atoms in total. The number of hydrogen-bond donors (Lipinski definition) is 1. The van der Waals surface area contributed by atoms with Crippen LogP contribution in [0.15, 0.2) is 77.7 Å². The number of rotatable bonds is 9. The summed E-state index contributed by atoms with van der Waals surface area (Å²) >= 11 is 6.10. The van der Waals surface area contributed by atoms with Crippen molar-refractivity contribution in [1.82, 2.24) is 5.32 Å². The Labute approximate surface area is 212 Å². The van der Waals surface area contributed by atoms with E-state index in [2.05, 4.69) is 26.1 Å². The summed E-state index contributed by atoms with van der Waals surface area (Å²) in [6.07, 6.45) is 0. The number of carbonyl (C=O) groups is 1. The van der Waals surface area contributed by atoms with Gasteiger partial charge in [-0.3, -0.25) is 9.10 Å². The highest BCUT2D eigenvalue weighted by molar-refractivity contribution is 7.92. The number of aryl methyl sites for hydroxylation is 1. The Kier molecular flexibility index (Phi) is 8.46. The number of sulfonamides is 1. The van der Waals surface area contributed by atoms with Gasteiger partial charge in [-0.25, -0.2) is 8.42 Å². The van der Waals surface area contributed by atoms with Gasteiger partial charge in [0.2, 0.25) is 5.91 Å². The zero-order valence-corrected chi connectivity index (χ0v) is 22.0. The van der Waals surface area contributed by atoms with Gasteiger partial charge in [0.15, 0.2) is 0 Å². The molecule has 0 saturated carbocycles. The van der Waals surface area contributed by atoms with Gasteiger partial charge in [-0.1, -0.05) is 68.3 Å². The monoisotopic (exact) mass is 514 g/mol. The summed E-state index contributed by atoms with van der Waals surface area (Å²) in [5, 5.41) is 3.11. The normalized spacial score (nSPS) is 11.7. The lowest BCUT2D eigenvalue weighted by Crippen LogP contribution is -2.41. The van der Waals surface area contributed by atoms with Crippen LogP contribution >= 0.6 is 11.6 Å². The van der Waals surface area contributed by atoms with Crippen LogP contribution in [0, 0.1) is 6.92 Å². The Morgan fingerprint density at radius 1 is 1.00 bits per heavy atom. The van der Waals surface area contributed by atoms with E-state index in [9.17, 15) is 13.2 Å². The van der Waals surface area contributed by atoms with Crippen molar-refractivity contribution in [1.29, 1.82) is 0 Å². The molecule has 1 amide bonds. The highest BCUT2D eigenvalue weighted by Gasteiger charge is 2.27. The number of benzene rings is 3. The first-order valence-corrected chi connectivity index (χ1v) is 13.1. The van der Waals surface area contributed by atoms with Crippen LogP contribution in [0.4, 0.5) is 5.69 Å². The van der Waals surface area contributed by atoms with E-state index in [1.807, 2.05) is 31.2 Å². The van der Waals surface area contributed by atoms with Crippen molar-refractivity contribution in [3.05, 3.63) is 88.9 Å². The molecule has 3 aromatic rings. The molecule has 8 heteroatoms. The predicted molar refractivity (Wildman–Crippen MR) is 141 cm³/mol. The van der Waals surface area contributed by atoms with E-state index >= 15 is 0 Å². The highest BCUT2D eigenvalue weighted by Crippen LogP contribution is 2.26. The van der Waals surface area contributed by atoms with Gasteiger partial charge in [-0.15, -0.1) is 0 Å². The largest absolute Gasteiger partial charge is 0.492 e. The van der Waals surface area contributed by atoms with Crippen molar-refractivity contribution < 1.29 is 17.9 Å². The molecule has 35 heavy (non-hydrogen) atoms. The number of ether oxygens (including phenoxy) is 1. The SMILES string of the molecule is Cc1ccc(S(=O)(=O)N(CC(=O)NCCOc2ccc(C(C)(C)C)cc2)c2cccc(Cl)c2)cc1. The Hall–Kier alpha value is -3.03. The molecular formula is C27H31ClN2O4S. The molecule has 0 aliphatic heterocycles. The second-order valence-corrected chi connectivity index (χ2v) is 11.6. The third kappa shape index (κ3) is 7.23. The van der Waals surface area contributed by atoms with Gasteiger partial charge in [0, 0.05) is 5.02 Å². The number of halogens is 1. The van der Waals surface area contributed by atoms with E-state index in [4.69, 9.17) is 16.3 Å². The van der Waals surface area contributed by atoms with Crippen LogP contribution in [-0.2, 0) is 20.2 Å². The molecular weight excluding hydrogens is 484 g/mol. The minimum Gasteiger partial charge on any atom is -0.492 e. The van der Waals surface area contributed by atoms with Crippen LogP contribution in [-0.4, -0.2) is 34.0 Å². The summed E-state index contributed by atoms with van der Waals surface area (Å²) in [6.45, 7) is 8.39. The third-order valence-corrected chi connectivity index (χ3v) is 7.43. The summed E-state index contributed by atoms with van der Waals surface area (Å²) in [5.41, 5.74) is 2.50. The molecule has 0 aromatic heterocycles. The Morgan fingerprint density at radius 2 is 1.66 bits per heavy atom. The molecule has 1 N–H and O–H groups in total. The van der Waals surface area contributed by atoms with Gasteiger partial charge in [-0.2, -0.15) is 0 Å². The fourth-order valence-electron chi connectivity index (χ4n) is 3.38. The first kappa shape index (κ1) is 26.6. The van der Waals surface area contributed by atoms with Crippen molar-refractivity contribution in [2.45, 2.75) is 38.0 Å². The quantitative estimate of drug-likeness (QED) is 0.391. The van der Waals surface area contributed by atoms with Gasteiger partial charge in [0.05, 0.1) is 17.1 Å². The smallest absolute Gasteiger partial charge is 0.264 e. The van der Waals surface area contributed by atoms with Crippen LogP contribution < -0.4 is 14.4 Å². The molecule has 3 rings (SSSR count). The first-order valence-electron chi connectivity index (χ1n) is 11.3. The first-order chi connectivity index (χ1) is 16.5. The summed E-state index contributed by atoms with van der Waals surface area (Å²) in [6, 6.07) is 20.7. The van der Waals surface area contributed by atoms with Gasteiger partial charge >= 0.3 is 0 Å². The standard InChI is InChI=1S/C27H31ClN2O4S/c1-20-8-14-25(15-9-20)35(32,33)30(23-7-5-6-22(28)18-23)19-26(31)29-16-17-34-24-12-10-21(11-13-24)27(2,3)4/h5-15,18H,16-17,19H2,1-4H3,(H,29,31). The number of nitrogens with one attached hydrogen (secondary N) is 1. The summed E-state index contributed by atoms with van der Waals surface area (Å²) in [4.78, 5) is 12.8. The summed E-state index contributed by atoms with van der Waals surface area (Å²) in [5.74, 6) is 0.252. The fourth-order valence-corrected chi connectivity index (χ4v) is 4.98. The number of carbonyl (C=O) groups excluding carboxylic acids is 1. The van der Waals surface area contributed by atoms with Crippen molar-refractivity contribution in [3.63, 3.8) is 0 Å². The van der Waals surface area contributed by atoms with Gasteiger partial charge in [0.25, 0.3) is 10.0 Å². The summed E-state index contributed by atoms with van der Waals surface area (Å²) in [7, 11) is -3.99. The van der Waals surface area contributed by atoms with E-state index in [0.717, 1.165) is 9.87 Å². The van der Waals surface area contributed by atoms with E-state index < -0.39 is 22.5 Å². The lowest BCUT2D eigenvalue weighted by molar-refractivity contribution is -0.119. The topological polar surface area (TPSA) is 75.7 Å². The number of hydrogen-bond acceptors (Lipinski definition) is 4. The lowest BCUT2D eigenvalue weighted by atomic mass is 9.87. The fraction of sp³-hybridized carbons (Fsp3) is 0.296.